The van der Waals surface area contributed by atoms with Gasteiger partial charge in [-0.05, 0) is 24.6 Å². The van der Waals surface area contributed by atoms with Gasteiger partial charge >= 0.3 is 0 Å². The average molecular weight is 514 g/mol. The third-order valence-electron chi connectivity index (χ3n) is 6.32. The van der Waals surface area contributed by atoms with Gasteiger partial charge in [0.05, 0.1) is 50.3 Å². The van der Waals surface area contributed by atoms with Crippen LogP contribution in [0.5, 0.6) is 17.2 Å². The Labute approximate surface area is 212 Å². The van der Waals surface area contributed by atoms with Gasteiger partial charge in [0.2, 0.25) is 0 Å². The molecule has 0 aliphatic carbocycles. The summed E-state index contributed by atoms with van der Waals surface area (Å²) in [5, 5.41) is 6.02. The van der Waals surface area contributed by atoms with Gasteiger partial charge in [-0.1, -0.05) is 11.6 Å². The van der Waals surface area contributed by atoms with E-state index in [9.17, 15) is 4.79 Å². The summed E-state index contributed by atoms with van der Waals surface area (Å²) < 4.78 is 23.8. The van der Waals surface area contributed by atoms with Crippen LogP contribution in [0.2, 0.25) is 5.02 Å². The van der Waals surface area contributed by atoms with E-state index in [2.05, 4.69) is 15.0 Å². The monoisotopic (exact) mass is 513 g/mol. The second-order valence-electron chi connectivity index (χ2n) is 8.50. The van der Waals surface area contributed by atoms with Crippen LogP contribution in [0.15, 0.2) is 35.1 Å². The summed E-state index contributed by atoms with van der Waals surface area (Å²) in [6.07, 6.45) is 0.860. The van der Waals surface area contributed by atoms with Crippen molar-refractivity contribution < 1.29 is 18.9 Å². The van der Waals surface area contributed by atoms with Gasteiger partial charge in [-0.3, -0.25) is 9.69 Å². The number of pyridine rings is 1. The number of aromatic nitrogens is 3. The molecule has 0 atom stereocenters. The van der Waals surface area contributed by atoms with Crippen LogP contribution in [-0.4, -0.2) is 73.3 Å². The molecular formula is C25H28ClN5O5. The van der Waals surface area contributed by atoms with E-state index in [0.717, 1.165) is 39.3 Å². The molecule has 0 saturated carbocycles. The fourth-order valence-electron chi connectivity index (χ4n) is 4.42. The number of H-pyrrole nitrogens is 1. The Morgan fingerprint density at radius 1 is 1.14 bits per heavy atom. The van der Waals surface area contributed by atoms with Crippen molar-refractivity contribution in [2.24, 2.45) is 0 Å². The molecule has 0 amide bonds. The molecule has 1 saturated heterocycles. The number of nitrogens with one attached hydrogen (secondary N) is 1. The molecule has 36 heavy (non-hydrogen) atoms. The van der Waals surface area contributed by atoms with E-state index in [1.807, 2.05) is 0 Å². The van der Waals surface area contributed by atoms with Crippen LogP contribution in [0.3, 0.4) is 0 Å². The molecule has 11 heteroatoms. The van der Waals surface area contributed by atoms with Crippen molar-refractivity contribution in [2.45, 2.75) is 6.42 Å². The first kappa shape index (κ1) is 24.2. The molecule has 1 aliphatic heterocycles. The quantitative estimate of drug-likeness (QED) is 0.345. The maximum atomic E-state index is 13.0. The number of methoxy groups -OCH3 is 2. The number of rotatable bonds is 8. The fraction of sp³-hybridized carbons (Fsp3) is 0.360. The molecule has 0 bridgehead atoms. The van der Waals surface area contributed by atoms with E-state index >= 15 is 0 Å². The van der Waals surface area contributed by atoms with Gasteiger partial charge in [-0.15, -0.1) is 0 Å². The van der Waals surface area contributed by atoms with Crippen molar-refractivity contribution in [2.75, 3.05) is 59.4 Å². The summed E-state index contributed by atoms with van der Waals surface area (Å²) in [5.74, 6) is 1.84. The molecule has 0 spiro atoms. The normalized spacial score (nSPS) is 14.4. The third-order valence-corrected chi connectivity index (χ3v) is 6.64. The standard InChI is InChI=1S/C25H28ClN5O5/c1-33-15-4-5-17(26)19(12-15)31-24(27)22-23(29-31)16-13-20(34-2)21(14-18(16)28-25(22)32)36-9-3-6-30-7-10-35-11-8-30/h4-5,12-14H,3,6-11,27H2,1-2H3,(H,28,32). The van der Waals surface area contributed by atoms with Crippen LogP contribution in [0.25, 0.3) is 27.5 Å². The molecule has 190 valence electrons. The van der Waals surface area contributed by atoms with Crippen molar-refractivity contribution in [3.05, 3.63) is 45.7 Å². The number of ether oxygens (including phenoxy) is 4. The highest BCUT2D eigenvalue weighted by Crippen LogP contribution is 2.36. The van der Waals surface area contributed by atoms with Gasteiger partial charge in [0, 0.05) is 37.2 Å². The van der Waals surface area contributed by atoms with Gasteiger partial charge in [0.25, 0.3) is 5.56 Å². The number of nitrogens with two attached hydrogens (primary N) is 1. The van der Waals surface area contributed by atoms with Crippen molar-refractivity contribution in [1.82, 2.24) is 19.7 Å². The highest BCUT2D eigenvalue weighted by Gasteiger charge is 2.20. The Hall–Kier alpha value is -3.47. The summed E-state index contributed by atoms with van der Waals surface area (Å²) in [6, 6.07) is 8.70. The molecule has 0 radical (unpaired) electrons. The number of hydrogen-bond acceptors (Lipinski definition) is 8. The smallest absolute Gasteiger partial charge is 0.261 e. The maximum Gasteiger partial charge on any atom is 0.261 e. The summed E-state index contributed by atoms with van der Waals surface area (Å²) in [5.41, 5.74) is 7.53. The minimum absolute atomic E-state index is 0.172. The van der Waals surface area contributed by atoms with E-state index in [4.69, 9.17) is 36.3 Å². The predicted octanol–water partition coefficient (Wildman–Crippen LogP) is 3.22. The summed E-state index contributed by atoms with van der Waals surface area (Å²) in [6.45, 7) is 4.86. The number of nitrogen functional groups attached to an aromatic ring is 1. The number of fused-ring (bicyclic) bond motifs is 3. The molecular weight excluding hydrogens is 486 g/mol. The van der Waals surface area contributed by atoms with E-state index in [1.165, 1.54) is 4.68 Å². The molecule has 0 unspecified atom stereocenters. The molecule has 2 aromatic heterocycles. The number of aromatic amines is 1. The molecule has 1 fully saturated rings. The van der Waals surface area contributed by atoms with Crippen LogP contribution < -0.4 is 25.5 Å². The Morgan fingerprint density at radius 3 is 2.69 bits per heavy atom. The number of hydrogen-bond donors (Lipinski definition) is 2. The Kier molecular flexibility index (Phi) is 6.90. The van der Waals surface area contributed by atoms with Crippen molar-refractivity contribution >= 4 is 39.2 Å². The topological polar surface area (TPSA) is 117 Å². The minimum Gasteiger partial charge on any atom is -0.497 e. The largest absolute Gasteiger partial charge is 0.497 e. The lowest BCUT2D eigenvalue weighted by atomic mass is 10.1. The summed E-state index contributed by atoms with van der Waals surface area (Å²) in [7, 11) is 3.14. The van der Waals surface area contributed by atoms with E-state index < -0.39 is 0 Å². The van der Waals surface area contributed by atoms with Crippen molar-refractivity contribution in [1.29, 1.82) is 0 Å². The number of morpholine rings is 1. The fourth-order valence-corrected chi connectivity index (χ4v) is 4.62. The third kappa shape index (κ3) is 4.55. The van der Waals surface area contributed by atoms with E-state index in [0.29, 0.717) is 51.0 Å². The van der Waals surface area contributed by atoms with Crippen molar-refractivity contribution in [3.8, 4) is 22.9 Å². The molecule has 3 heterocycles. The first-order valence-corrected chi connectivity index (χ1v) is 12.1. The summed E-state index contributed by atoms with van der Waals surface area (Å²) >= 11 is 6.42. The van der Waals surface area contributed by atoms with Gasteiger partial charge in [0.1, 0.15) is 22.5 Å². The van der Waals surface area contributed by atoms with Gasteiger partial charge in [-0.25, -0.2) is 4.68 Å². The van der Waals surface area contributed by atoms with Crippen LogP contribution in [0.4, 0.5) is 5.82 Å². The minimum atomic E-state index is -0.358. The SMILES string of the molecule is COc1ccc(Cl)c(-n2nc3c(c2N)c(=O)[nH]c2cc(OCCCN4CCOCC4)c(OC)cc23)c1. The molecule has 5 rings (SSSR count). The number of anilines is 1. The number of benzene rings is 2. The van der Waals surface area contributed by atoms with Crippen molar-refractivity contribution in [3.63, 3.8) is 0 Å². The van der Waals surface area contributed by atoms with E-state index in [1.54, 1.807) is 44.6 Å². The van der Waals surface area contributed by atoms with Gasteiger partial charge < -0.3 is 29.7 Å². The highest BCUT2D eigenvalue weighted by molar-refractivity contribution is 6.32. The van der Waals surface area contributed by atoms with Gasteiger partial charge in [-0.2, -0.15) is 5.10 Å². The second kappa shape index (κ2) is 10.3. The van der Waals surface area contributed by atoms with Gasteiger partial charge in [0.15, 0.2) is 11.5 Å². The predicted molar refractivity (Wildman–Crippen MR) is 139 cm³/mol. The Morgan fingerprint density at radius 2 is 1.94 bits per heavy atom. The molecule has 10 nitrogen and oxygen atoms in total. The summed E-state index contributed by atoms with van der Waals surface area (Å²) in [4.78, 5) is 18.3. The molecule has 4 aromatic rings. The number of nitrogens with zero attached hydrogens (tertiary/aromatic N) is 3. The van der Waals surface area contributed by atoms with Crippen LogP contribution in [0.1, 0.15) is 6.42 Å². The molecule has 3 N–H and O–H groups in total. The van der Waals surface area contributed by atoms with Crippen LogP contribution in [-0.2, 0) is 4.74 Å². The second-order valence-corrected chi connectivity index (χ2v) is 8.90. The number of halogens is 1. The lowest BCUT2D eigenvalue weighted by Crippen LogP contribution is -2.37. The first-order chi connectivity index (χ1) is 17.5. The average Bonchev–Trinajstić information content (AvgIpc) is 3.25. The highest BCUT2D eigenvalue weighted by atomic mass is 35.5. The zero-order chi connectivity index (χ0) is 25.2. The zero-order valence-electron chi connectivity index (χ0n) is 20.2. The van der Waals surface area contributed by atoms with E-state index in [-0.39, 0.29) is 16.8 Å². The van der Waals surface area contributed by atoms with Crippen LogP contribution in [0, 0.1) is 0 Å². The molecule has 1 aliphatic rings. The lowest BCUT2D eigenvalue weighted by Gasteiger charge is -2.26. The Balaban J connectivity index is 1.50. The zero-order valence-corrected chi connectivity index (χ0v) is 20.9. The van der Waals surface area contributed by atoms with Crippen LogP contribution >= 0.6 is 11.6 Å². The lowest BCUT2D eigenvalue weighted by molar-refractivity contribution is 0.0357. The first-order valence-electron chi connectivity index (χ1n) is 11.7. The molecule has 2 aromatic carbocycles. The Bertz CT molecular complexity index is 1460. The maximum absolute atomic E-state index is 13.0.